The molecular weight excluding hydrogens is 332 g/mol. The van der Waals surface area contributed by atoms with Crippen molar-refractivity contribution in [2.75, 3.05) is 11.4 Å². The van der Waals surface area contributed by atoms with Crippen LogP contribution >= 0.6 is 35.2 Å². The molecule has 0 N–H and O–H groups in total. The van der Waals surface area contributed by atoms with E-state index < -0.39 is 0 Å². The zero-order valence-electron chi connectivity index (χ0n) is 11.8. The zero-order chi connectivity index (χ0) is 15.1. The lowest BCUT2D eigenvalue weighted by Gasteiger charge is -2.29. The van der Waals surface area contributed by atoms with E-state index in [1.165, 1.54) is 11.1 Å². The van der Waals surface area contributed by atoms with Gasteiger partial charge in [0.05, 0.1) is 5.52 Å². The van der Waals surface area contributed by atoms with E-state index in [-0.39, 0.29) is 0 Å². The highest BCUT2D eigenvalue weighted by atomic mass is 35.5. The Hall–Kier alpha value is -1.49. The summed E-state index contributed by atoms with van der Waals surface area (Å²) in [5.74, 6) is 0. The van der Waals surface area contributed by atoms with Gasteiger partial charge in [-0.15, -0.1) is 0 Å². The quantitative estimate of drug-likeness (QED) is 0.561. The predicted molar refractivity (Wildman–Crippen MR) is 96.7 cm³/mol. The van der Waals surface area contributed by atoms with E-state index in [0.29, 0.717) is 5.02 Å². The van der Waals surface area contributed by atoms with Gasteiger partial charge in [-0.2, -0.15) is 0 Å². The van der Waals surface area contributed by atoms with Crippen molar-refractivity contribution in [3.05, 3.63) is 62.4 Å². The van der Waals surface area contributed by atoms with E-state index >= 15 is 0 Å². The van der Waals surface area contributed by atoms with Gasteiger partial charge in [0.2, 0.25) is 0 Å². The van der Waals surface area contributed by atoms with Crippen LogP contribution in [0.2, 0.25) is 5.02 Å². The molecule has 0 bridgehead atoms. The van der Waals surface area contributed by atoms with E-state index in [4.69, 9.17) is 28.8 Å². The first-order valence-electron chi connectivity index (χ1n) is 7.13. The molecule has 22 heavy (non-hydrogen) atoms. The molecule has 110 valence electrons. The summed E-state index contributed by atoms with van der Waals surface area (Å²) >= 11 is 13.2. The van der Waals surface area contributed by atoms with Gasteiger partial charge in [0.15, 0.2) is 5.13 Å². The fourth-order valence-electron chi connectivity index (χ4n) is 2.83. The minimum absolute atomic E-state index is 0.701. The second-order valence-electron chi connectivity index (χ2n) is 5.39. The van der Waals surface area contributed by atoms with Crippen LogP contribution in [0.1, 0.15) is 11.1 Å². The normalized spacial score (nSPS) is 14.1. The summed E-state index contributed by atoms with van der Waals surface area (Å²) in [4.78, 5) is 7.11. The van der Waals surface area contributed by atoms with Crippen LogP contribution in [0.4, 0.5) is 5.13 Å². The van der Waals surface area contributed by atoms with Crippen molar-refractivity contribution in [3.8, 4) is 0 Å². The van der Waals surface area contributed by atoms with Crippen LogP contribution in [0.3, 0.4) is 0 Å². The molecule has 2 aromatic carbocycles. The third-order valence-electron chi connectivity index (χ3n) is 3.98. The Labute approximate surface area is 143 Å². The topological polar surface area (TPSA) is 16.1 Å². The van der Waals surface area contributed by atoms with Crippen LogP contribution in [-0.2, 0) is 13.0 Å². The SMILES string of the molecule is S=c1sc(N2CCc3ccccc3C2)nc2ccc(Cl)cc12. The fraction of sp³-hybridized carbons (Fsp3) is 0.176. The van der Waals surface area contributed by atoms with Gasteiger partial charge in [0.1, 0.15) is 3.82 Å². The van der Waals surface area contributed by atoms with Crippen LogP contribution in [0.5, 0.6) is 0 Å². The number of hydrogen-bond donors (Lipinski definition) is 0. The van der Waals surface area contributed by atoms with Crippen molar-refractivity contribution in [3.63, 3.8) is 0 Å². The molecule has 0 saturated carbocycles. The molecule has 0 aliphatic carbocycles. The van der Waals surface area contributed by atoms with Crippen molar-refractivity contribution in [2.24, 2.45) is 0 Å². The lowest BCUT2D eigenvalue weighted by molar-refractivity contribution is 0.729. The fourth-order valence-corrected chi connectivity index (χ4v) is 4.25. The third-order valence-corrected chi connectivity index (χ3v) is 5.62. The van der Waals surface area contributed by atoms with Crippen molar-refractivity contribution in [1.82, 2.24) is 4.98 Å². The van der Waals surface area contributed by atoms with Crippen molar-refractivity contribution in [1.29, 1.82) is 0 Å². The van der Waals surface area contributed by atoms with Gasteiger partial charge in [0, 0.05) is 23.5 Å². The molecule has 0 atom stereocenters. The molecule has 0 amide bonds. The van der Waals surface area contributed by atoms with Crippen molar-refractivity contribution in [2.45, 2.75) is 13.0 Å². The van der Waals surface area contributed by atoms with Gasteiger partial charge in [0.25, 0.3) is 0 Å². The van der Waals surface area contributed by atoms with Crippen LogP contribution < -0.4 is 4.90 Å². The average Bonchev–Trinajstić information content (AvgIpc) is 2.55. The number of nitrogens with zero attached hydrogens (tertiary/aromatic N) is 2. The number of rotatable bonds is 1. The maximum absolute atomic E-state index is 6.06. The van der Waals surface area contributed by atoms with E-state index in [9.17, 15) is 0 Å². The number of anilines is 1. The Bertz CT molecular complexity index is 920. The Morgan fingerprint density at radius 1 is 1.14 bits per heavy atom. The molecule has 0 radical (unpaired) electrons. The molecule has 0 unspecified atom stereocenters. The summed E-state index contributed by atoms with van der Waals surface area (Å²) < 4.78 is 0.848. The van der Waals surface area contributed by atoms with Crippen molar-refractivity contribution >= 4 is 51.2 Å². The Morgan fingerprint density at radius 2 is 1.95 bits per heavy atom. The summed E-state index contributed by atoms with van der Waals surface area (Å²) in [5, 5.41) is 2.66. The monoisotopic (exact) mass is 344 g/mol. The summed E-state index contributed by atoms with van der Waals surface area (Å²) in [7, 11) is 0. The lowest BCUT2D eigenvalue weighted by atomic mass is 10.0. The maximum Gasteiger partial charge on any atom is 0.187 e. The van der Waals surface area contributed by atoms with E-state index in [2.05, 4.69) is 29.2 Å². The van der Waals surface area contributed by atoms with Gasteiger partial charge in [-0.3, -0.25) is 0 Å². The molecule has 0 fully saturated rings. The third kappa shape index (κ3) is 2.51. The molecule has 1 aromatic heterocycles. The van der Waals surface area contributed by atoms with Gasteiger partial charge in [-0.05, 0) is 35.7 Å². The molecular formula is C17H13ClN2S2. The number of aromatic nitrogens is 1. The van der Waals surface area contributed by atoms with E-state index in [1.807, 2.05) is 18.2 Å². The van der Waals surface area contributed by atoms with Crippen molar-refractivity contribution < 1.29 is 0 Å². The van der Waals surface area contributed by atoms with Gasteiger partial charge < -0.3 is 4.90 Å². The highest BCUT2D eigenvalue weighted by molar-refractivity contribution is 7.74. The molecule has 0 spiro atoms. The Balaban J connectivity index is 1.76. The first-order chi connectivity index (χ1) is 10.7. The summed E-state index contributed by atoms with van der Waals surface area (Å²) in [6.45, 7) is 1.88. The first kappa shape index (κ1) is 14.1. The molecule has 5 heteroatoms. The predicted octanol–water partition coefficient (Wildman–Crippen LogP) is 5.24. The molecule has 4 rings (SSSR count). The van der Waals surface area contributed by atoms with Gasteiger partial charge >= 0.3 is 0 Å². The highest BCUT2D eigenvalue weighted by Gasteiger charge is 2.18. The molecule has 2 heterocycles. The Morgan fingerprint density at radius 3 is 2.82 bits per heavy atom. The largest absolute Gasteiger partial charge is 0.343 e. The summed E-state index contributed by atoms with van der Waals surface area (Å²) in [6, 6.07) is 14.3. The minimum atomic E-state index is 0.701. The second-order valence-corrected chi connectivity index (χ2v) is 7.47. The zero-order valence-corrected chi connectivity index (χ0v) is 14.1. The molecule has 1 aliphatic rings. The van der Waals surface area contributed by atoms with Crippen LogP contribution in [-0.4, -0.2) is 11.5 Å². The maximum atomic E-state index is 6.06. The number of halogens is 1. The second kappa shape index (κ2) is 5.61. The van der Waals surface area contributed by atoms with Crippen LogP contribution in [0.25, 0.3) is 10.9 Å². The van der Waals surface area contributed by atoms with Crippen LogP contribution in [0, 0.1) is 3.82 Å². The smallest absolute Gasteiger partial charge is 0.187 e. The van der Waals surface area contributed by atoms with Gasteiger partial charge in [-0.1, -0.05) is 59.4 Å². The standard InChI is InChI=1S/C17H13ClN2S2/c18-13-5-6-15-14(9-13)16(21)22-17(19-15)20-8-7-11-3-1-2-4-12(11)10-20/h1-6,9H,7-8,10H2. The van der Waals surface area contributed by atoms with E-state index in [0.717, 1.165) is 39.4 Å². The summed E-state index contributed by atoms with van der Waals surface area (Å²) in [5.41, 5.74) is 3.74. The number of fused-ring (bicyclic) bond motifs is 2. The molecule has 0 saturated heterocycles. The number of hydrogen-bond acceptors (Lipinski definition) is 4. The first-order valence-corrected chi connectivity index (χ1v) is 8.73. The highest BCUT2D eigenvalue weighted by Crippen LogP contribution is 2.30. The van der Waals surface area contributed by atoms with Gasteiger partial charge in [-0.25, -0.2) is 4.98 Å². The molecule has 2 nitrogen and oxygen atoms in total. The molecule has 3 aromatic rings. The average molecular weight is 345 g/mol. The molecule has 1 aliphatic heterocycles. The number of benzene rings is 2. The Kier molecular flexibility index (Phi) is 3.60. The summed E-state index contributed by atoms with van der Waals surface area (Å²) in [6.07, 6.45) is 1.05. The minimum Gasteiger partial charge on any atom is -0.343 e. The van der Waals surface area contributed by atoms with Crippen LogP contribution in [0.15, 0.2) is 42.5 Å². The lowest BCUT2D eigenvalue weighted by Crippen LogP contribution is -2.30. The van der Waals surface area contributed by atoms with E-state index in [1.54, 1.807) is 11.3 Å².